The Morgan fingerprint density at radius 2 is 2.19 bits per heavy atom. The highest BCUT2D eigenvalue weighted by Gasteiger charge is 2.18. The summed E-state index contributed by atoms with van der Waals surface area (Å²) in [6.45, 7) is 1.83. The third-order valence-electron chi connectivity index (χ3n) is 3.21. The highest BCUT2D eigenvalue weighted by Crippen LogP contribution is 2.35. The normalized spacial score (nSPS) is 17.8. The summed E-state index contributed by atoms with van der Waals surface area (Å²) in [6, 6.07) is 4.47. The van der Waals surface area contributed by atoms with E-state index < -0.39 is 0 Å². The van der Waals surface area contributed by atoms with Crippen molar-refractivity contribution in [1.29, 1.82) is 0 Å². The van der Waals surface area contributed by atoms with E-state index in [0.29, 0.717) is 5.17 Å². The molecule has 106 valence electrons. The van der Waals surface area contributed by atoms with E-state index in [1.165, 1.54) is 10.4 Å². The van der Waals surface area contributed by atoms with E-state index in [1.807, 2.05) is 13.1 Å². The molecule has 3 nitrogen and oxygen atoms in total. The number of nitrogens with zero attached hydrogens (tertiary/aromatic N) is 2. The number of hydrogen-bond acceptors (Lipinski definition) is 5. The second-order valence-electron chi connectivity index (χ2n) is 4.70. The molecule has 0 aromatic carbocycles. The van der Waals surface area contributed by atoms with Crippen LogP contribution in [0.4, 0.5) is 0 Å². The Balaban J connectivity index is 1.89. The first-order valence-electron chi connectivity index (χ1n) is 6.69. The maximum Gasteiger partial charge on any atom is 0.154 e. The van der Waals surface area contributed by atoms with Crippen LogP contribution in [-0.4, -0.2) is 15.9 Å². The fourth-order valence-electron chi connectivity index (χ4n) is 2.23. The summed E-state index contributed by atoms with van der Waals surface area (Å²) in [7, 11) is 0. The molecule has 0 bridgehead atoms. The molecule has 1 unspecified atom stereocenters. The molecule has 5 heteroatoms. The van der Waals surface area contributed by atoms with Crippen LogP contribution >= 0.6 is 23.1 Å². The van der Waals surface area contributed by atoms with Gasteiger partial charge in [-0.15, -0.1) is 17.3 Å². The quantitative estimate of drug-likeness (QED) is 0.861. The lowest BCUT2D eigenvalue weighted by molar-refractivity contribution is 0.717. The molecule has 0 amide bonds. The Morgan fingerprint density at radius 1 is 1.29 bits per heavy atom. The highest BCUT2D eigenvalue weighted by molar-refractivity contribution is 8.13. The van der Waals surface area contributed by atoms with Crippen molar-refractivity contribution in [3.63, 3.8) is 0 Å². The molecule has 3 rings (SSSR count). The van der Waals surface area contributed by atoms with Crippen LogP contribution in [0.25, 0.3) is 11.1 Å². The second kappa shape index (κ2) is 6.33. The second-order valence-corrected chi connectivity index (χ2v) is 6.75. The van der Waals surface area contributed by atoms with Crippen LogP contribution in [0.3, 0.4) is 0 Å². The van der Waals surface area contributed by atoms with E-state index in [1.54, 1.807) is 29.3 Å². The van der Waals surface area contributed by atoms with Crippen molar-refractivity contribution in [2.75, 3.05) is 5.75 Å². The molecular formula is C16H15N3S2. The van der Waals surface area contributed by atoms with Gasteiger partial charge in [-0.3, -0.25) is 9.98 Å². The molecule has 1 aliphatic rings. The van der Waals surface area contributed by atoms with E-state index in [4.69, 9.17) is 5.73 Å². The van der Waals surface area contributed by atoms with Gasteiger partial charge in [-0.25, -0.2) is 0 Å². The predicted molar refractivity (Wildman–Crippen MR) is 91.5 cm³/mol. The maximum atomic E-state index is 5.83. The molecule has 2 aromatic heterocycles. The average molecular weight is 313 g/mol. The van der Waals surface area contributed by atoms with Crippen LogP contribution in [0.5, 0.6) is 0 Å². The van der Waals surface area contributed by atoms with Crippen LogP contribution in [0.15, 0.2) is 34.9 Å². The smallest absolute Gasteiger partial charge is 0.154 e. The number of thiophene rings is 1. The number of aliphatic imine (C=N–C) groups is 1. The van der Waals surface area contributed by atoms with E-state index in [9.17, 15) is 0 Å². The Bertz CT molecular complexity index is 737. The summed E-state index contributed by atoms with van der Waals surface area (Å²) in [5, 5.41) is 2.85. The summed E-state index contributed by atoms with van der Waals surface area (Å²) in [5.74, 6) is 6.98. The van der Waals surface area contributed by atoms with Gasteiger partial charge in [0, 0.05) is 34.2 Å². The third-order valence-corrected chi connectivity index (χ3v) is 5.09. The zero-order valence-electron chi connectivity index (χ0n) is 11.7. The van der Waals surface area contributed by atoms with Crippen LogP contribution in [0, 0.1) is 11.8 Å². The Morgan fingerprint density at radius 3 is 3.00 bits per heavy atom. The number of hydrogen-bond donors (Lipinski definition) is 1. The van der Waals surface area contributed by atoms with Gasteiger partial charge in [0.25, 0.3) is 0 Å². The van der Waals surface area contributed by atoms with Gasteiger partial charge >= 0.3 is 0 Å². The van der Waals surface area contributed by atoms with Crippen LogP contribution in [0.1, 0.15) is 29.8 Å². The standard InChI is InChI=1S/C16H15N3S2/c1-2-3-11-6-12(9-18-8-11)13-7-15(21-10-13)14-4-5-20-16(17)19-14/h6-10,14H,4-5H2,1H3,(H2,17,19). The van der Waals surface area contributed by atoms with Crippen molar-refractivity contribution in [2.45, 2.75) is 19.4 Å². The lowest BCUT2D eigenvalue weighted by Gasteiger charge is -2.16. The van der Waals surface area contributed by atoms with Crippen LogP contribution in [0.2, 0.25) is 0 Å². The fraction of sp³-hybridized carbons (Fsp3) is 0.250. The van der Waals surface area contributed by atoms with Gasteiger partial charge < -0.3 is 5.73 Å². The van der Waals surface area contributed by atoms with Gasteiger partial charge in [0.15, 0.2) is 5.17 Å². The first kappa shape index (κ1) is 14.2. The van der Waals surface area contributed by atoms with Crippen molar-refractivity contribution in [1.82, 2.24) is 4.98 Å². The van der Waals surface area contributed by atoms with Crippen LogP contribution in [-0.2, 0) is 0 Å². The predicted octanol–water partition coefficient (Wildman–Crippen LogP) is 3.67. The Kier molecular flexibility index (Phi) is 4.28. The first-order valence-corrected chi connectivity index (χ1v) is 8.55. The molecule has 0 aliphatic carbocycles. The summed E-state index contributed by atoms with van der Waals surface area (Å²) in [4.78, 5) is 10.1. The fourth-order valence-corrected chi connectivity index (χ4v) is 3.97. The molecule has 2 aromatic rings. The van der Waals surface area contributed by atoms with E-state index >= 15 is 0 Å². The molecule has 0 fully saturated rings. The van der Waals surface area contributed by atoms with Gasteiger partial charge in [0.1, 0.15) is 0 Å². The molecule has 2 N–H and O–H groups in total. The first-order chi connectivity index (χ1) is 10.3. The molecule has 1 atom stereocenters. The molecule has 0 spiro atoms. The topological polar surface area (TPSA) is 51.3 Å². The zero-order chi connectivity index (χ0) is 14.7. The van der Waals surface area contributed by atoms with Crippen molar-refractivity contribution in [3.8, 4) is 23.0 Å². The maximum absolute atomic E-state index is 5.83. The molecule has 1 aliphatic heterocycles. The van der Waals surface area contributed by atoms with E-state index in [2.05, 4.69) is 39.3 Å². The SMILES string of the molecule is CC#Cc1cncc(-c2csc(C3CCSC(N)=N3)c2)c1. The van der Waals surface area contributed by atoms with Gasteiger partial charge in [-0.1, -0.05) is 17.7 Å². The Hall–Kier alpha value is -1.77. The lowest BCUT2D eigenvalue weighted by atomic mass is 10.1. The lowest BCUT2D eigenvalue weighted by Crippen LogP contribution is -2.15. The molecule has 0 saturated heterocycles. The summed E-state index contributed by atoms with van der Waals surface area (Å²) >= 11 is 3.37. The minimum Gasteiger partial charge on any atom is -0.379 e. The highest BCUT2D eigenvalue weighted by atomic mass is 32.2. The van der Waals surface area contributed by atoms with E-state index in [0.717, 1.165) is 23.3 Å². The number of aromatic nitrogens is 1. The van der Waals surface area contributed by atoms with Gasteiger partial charge in [0.05, 0.1) is 6.04 Å². The number of thioether (sulfide) groups is 1. The molecular weight excluding hydrogens is 298 g/mol. The molecule has 21 heavy (non-hydrogen) atoms. The molecule has 3 heterocycles. The molecule has 0 saturated carbocycles. The van der Waals surface area contributed by atoms with E-state index in [-0.39, 0.29) is 6.04 Å². The summed E-state index contributed by atoms with van der Waals surface area (Å²) in [6.07, 6.45) is 4.71. The minimum atomic E-state index is 0.205. The summed E-state index contributed by atoms with van der Waals surface area (Å²) < 4.78 is 0. The van der Waals surface area contributed by atoms with Crippen molar-refractivity contribution >= 4 is 28.3 Å². The molecule has 0 radical (unpaired) electrons. The number of pyridine rings is 1. The largest absolute Gasteiger partial charge is 0.379 e. The third kappa shape index (κ3) is 3.29. The number of rotatable bonds is 2. The monoisotopic (exact) mass is 313 g/mol. The Labute approximate surface area is 132 Å². The number of nitrogens with two attached hydrogens (primary N) is 1. The van der Waals surface area contributed by atoms with Crippen molar-refractivity contribution in [2.24, 2.45) is 10.7 Å². The van der Waals surface area contributed by atoms with Crippen LogP contribution < -0.4 is 5.73 Å². The van der Waals surface area contributed by atoms with Gasteiger partial charge in [-0.2, -0.15) is 0 Å². The zero-order valence-corrected chi connectivity index (χ0v) is 13.3. The summed E-state index contributed by atoms with van der Waals surface area (Å²) in [5.41, 5.74) is 9.04. The van der Waals surface area contributed by atoms with Gasteiger partial charge in [0.2, 0.25) is 0 Å². The average Bonchev–Trinajstić information content (AvgIpc) is 2.98. The van der Waals surface area contributed by atoms with Crippen molar-refractivity contribution < 1.29 is 0 Å². The number of amidine groups is 1. The van der Waals surface area contributed by atoms with Gasteiger partial charge in [-0.05, 0) is 36.4 Å². The van der Waals surface area contributed by atoms with Crippen molar-refractivity contribution in [3.05, 3.63) is 40.3 Å². The minimum absolute atomic E-state index is 0.205.